The summed E-state index contributed by atoms with van der Waals surface area (Å²) in [6, 6.07) is 9.13. The second-order valence-corrected chi connectivity index (χ2v) is 9.89. The van der Waals surface area contributed by atoms with Gasteiger partial charge in [-0.3, -0.25) is 9.78 Å². The highest BCUT2D eigenvalue weighted by Gasteiger charge is 2.49. The average molecular weight is 466 g/mol. The fourth-order valence-corrected chi connectivity index (χ4v) is 4.68. The van der Waals surface area contributed by atoms with Crippen LogP contribution >= 0.6 is 0 Å². The number of fused-ring (bicyclic) bond motifs is 1. The highest BCUT2D eigenvalue weighted by Crippen LogP contribution is 2.43. The fraction of sp³-hybridized carbons (Fsp3) is 0.273. The summed E-state index contributed by atoms with van der Waals surface area (Å²) in [7, 11) is -3.77. The lowest BCUT2D eigenvalue weighted by atomic mass is 9.82. The van der Waals surface area contributed by atoms with Crippen LogP contribution in [-0.4, -0.2) is 36.1 Å². The Hall–Kier alpha value is -3.01. The molecule has 1 aromatic carbocycles. The maximum absolute atomic E-state index is 16.5. The van der Waals surface area contributed by atoms with Crippen molar-refractivity contribution in [2.45, 2.75) is 31.4 Å². The quantitative estimate of drug-likeness (QED) is 0.640. The molecule has 1 aromatic heterocycles. The molecule has 2 aromatic rings. The summed E-state index contributed by atoms with van der Waals surface area (Å²) in [4.78, 5) is 18.0. The molecule has 0 radical (unpaired) electrons. The minimum absolute atomic E-state index is 0.00426. The molecule has 0 bridgehead atoms. The van der Waals surface area contributed by atoms with Gasteiger partial charge in [0.15, 0.2) is 9.84 Å². The number of hydrogen-bond donors (Lipinski definition) is 0. The number of halogens is 4. The Balaban J connectivity index is 1.71. The van der Waals surface area contributed by atoms with E-state index in [0.29, 0.717) is 11.8 Å². The molecular weight excluding hydrogens is 448 g/mol. The molecule has 0 spiro atoms. The third-order valence-corrected chi connectivity index (χ3v) is 6.79. The van der Waals surface area contributed by atoms with Crippen LogP contribution in [0.5, 0.6) is 0 Å². The summed E-state index contributed by atoms with van der Waals surface area (Å²) in [6.07, 6.45) is -1.13. The van der Waals surface area contributed by atoms with Crippen molar-refractivity contribution in [2.24, 2.45) is 0 Å². The molecule has 1 unspecified atom stereocenters. The normalized spacial score (nSPS) is 21.1. The number of amides is 1. The Morgan fingerprint density at radius 2 is 1.81 bits per heavy atom. The van der Waals surface area contributed by atoms with Crippen LogP contribution in [0.15, 0.2) is 59.7 Å². The molecule has 1 aliphatic heterocycles. The molecule has 5 nitrogen and oxygen atoms in total. The number of sulfone groups is 1. The topological polar surface area (TPSA) is 67.3 Å². The smallest absolute Gasteiger partial charge is 0.329 e. The number of allylic oxidation sites excluding steroid dienone is 3. The monoisotopic (exact) mass is 466 g/mol. The second-order valence-electron chi connectivity index (χ2n) is 7.82. The molecule has 0 fully saturated rings. The van der Waals surface area contributed by atoms with E-state index < -0.39 is 39.6 Å². The number of rotatable bonds is 3. The van der Waals surface area contributed by atoms with Crippen LogP contribution in [0, 0.1) is 0 Å². The average Bonchev–Trinajstić information content (AvgIpc) is 3.15. The molecule has 1 atom stereocenters. The lowest BCUT2D eigenvalue weighted by molar-refractivity contribution is -0.141. The highest BCUT2D eigenvalue weighted by atomic mass is 32.2. The van der Waals surface area contributed by atoms with E-state index in [9.17, 15) is 26.4 Å². The van der Waals surface area contributed by atoms with Crippen molar-refractivity contribution in [3.63, 3.8) is 0 Å². The van der Waals surface area contributed by atoms with Crippen LogP contribution in [0.3, 0.4) is 0 Å². The van der Waals surface area contributed by atoms with Gasteiger partial charge in [0.05, 0.1) is 17.8 Å². The molecule has 168 valence electrons. The van der Waals surface area contributed by atoms with Crippen LogP contribution in [0.2, 0.25) is 0 Å². The zero-order chi connectivity index (χ0) is 23.3. The van der Waals surface area contributed by atoms with Crippen molar-refractivity contribution >= 4 is 21.3 Å². The van der Waals surface area contributed by atoms with Crippen LogP contribution in [0.4, 0.5) is 17.6 Å². The summed E-state index contributed by atoms with van der Waals surface area (Å²) in [6.45, 7) is -0.422. The van der Waals surface area contributed by atoms with Crippen LogP contribution in [0.25, 0.3) is 5.57 Å². The zero-order valence-electron chi connectivity index (χ0n) is 16.9. The van der Waals surface area contributed by atoms with Gasteiger partial charge in [0, 0.05) is 35.9 Å². The van der Waals surface area contributed by atoms with Gasteiger partial charge in [-0.15, -0.1) is 0 Å². The number of benzene rings is 1. The van der Waals surface area contributed by atoms with Crippen molar-refractivity contribution in [2.75, 3.05) is 6.26 Å². The Morgan fingerprint density at radius 1 is 1.12 bits per heavy atom. The van der Waals surface area contributed by atoms with Gasteiger partial charge in [0.2, 0.25) is 5.67 Å². The molecule has 4 rings (SSSR count). The number of hydrogen-bond acceptors (Lipinski definition) is 4. The first-order valence-corrected chi connectivity index (χ1v) is 11.5. The van der Waals surface area contributed by atoms with Gasteiger partial charge >= 0.3 is 6.18 Å². The van der Waals surface area contributed by atoms with Crippen molar-refractivity contribution in [3.05, 3.63) is 82.0 Å². The Labute approximate surface area is 182 Å². The predicted molar refractivity (Wildman–Crippen MR) is 109 cm³/mol. The SMILES string of the molecule is CS(=O)(=O)C1=CC=C(c2ccccc2)C(F)(C(=O)N2Cc3cc(C(F)(F)F)cnc3C2)C1. The fourth-order valence-electron chi connectivity index (χ4n) is 3.90. The molecule has 2 heterocycles. The van der Waals surface area contributed by atoms with E-state index in [0.717, 1.165) is 17.2 Å². The number of pyridine rings is 1. The lowest BCUT2D eigenvalue weighted by Gasteiger charge is -2.33. The van der Waals surface area contributed by atoms with Crippen molar-refractivity contribution in [3.8, 4) is 0 Å². The molecule has 1 amide bonds. The molecular formula is C22H18F4N2O3S. The first kappa shape index (κ1) is 22.2. The molecule has 0 saturated heterocycles. The summed E-state index contributed by atoms with van der Waals surface area (Å²) in [5.74, 6) is -1.02. The van der Waals surface area contributed by atoms with Crippen LogP contribution in [-0.2, 0) is 33.9 Å². The van der Waals surface area contributed by atoms with Gasteiger partial charge in [-0.25, -0.2) is 12.8 Å². The minimum Gasteiger partial charge on any atom is -0.329 e. The molecule has 2 aliphatic rings. The van der Waals surface area contributed by atoms with Crippen molar-refractivity contribution in [1.82, 2.24) is 9.88 Å². The Bertz CT molecular complexity index is 1250. The number of carbonyl (C=O) groups excluding carboxylic acids is 1. The van der Waals surface area contributed by atoms with E-state index in [2.05, 4.69) is 4.98 Å². The first-order valence-electron chi connectivity index (χ1n) is 9.60. The number of carbonyl (C=O) groups is 1. The van der Waals surface area contributed by atoms with E-state index in [1.165, 1.54) is 12.2 Å². The molecule has 32 heavy (non-hydrogen) atoms. The standard InChI is InChI=1S/C22H18F4N2O3S/c1-32(30,31)17-7-8-18(14-5-3-2-4-6-14)21(23,10-17)20(29)28-12-15-9-16(22(24,25)26)11-27-19(15)13-28/h2-9,11H,10,12-13H2,1H3. The van der Waals surface area contributed by atoms with E-state index >= 15 is 4.39 Å². The number of aromatic nitrogens is 1. The lowest BCUT2D eigenvalue weighted by Crippen LogP contribution is -2.46. The van der Waals surface area contributed by atoms with E-state index in [4.69, 9.17) is 0 Å². The summed E-state index contributed by atoms with van der Waals surface area (Å²) >= 11 is 0. The number of nitrogens with zero attached hydrogens (tertiary/aromatic N) is 2. The largest absolute Gasteiger partial charge is 0.417 e. The second kappa shape index (κ2) is 7.54. The Kier molecular flexibility index (Phi) is 5.23. The van der Waals surface area contributed by atoms with Crippen LogP contribution < -0.4 is 0 Å². The predicted octanol–water partition coefficient (Wildman–Crippen LogP) is 4.07. The maximum Gasteiger partial charge on any atom is 0.417 e. The van der Waals surface area contributed by atoms with Crippen molar-refractivity contribution < 1.29 is 30.8 Å². The summed E-state index contributed by atoms with van der Waals surface area (Å²) < 4.78 is 79.6. The van der Waals surface area contributed by atoms with Gasteiger partial charge in [-0.2, -0.15) is 13.2 Å². The van der Waals surface area contributed by atoms with E-state index in [1.54, 1.807) is 30.3 Å². The van der Waals surface area contributed by atoms with Gasteiger partial charge in [-0.1, -0.05) is 36.4 Å². The summed E-state index contributed by atoms with van der Waals surface area (Å²) in [5, 5.41) is 0. The third kappa shape index (κ3) is 3.94. The van der Waals surface area contributed by atoms with Gasteiger partial charge < -0.3 is 4.90 Å². The van der Waals surface area contributed by atoms with Gasteiger partial charge in [-0.05, 0) is 23.3 Å². The first-order chi connectivity index (χ1) is 14.9. The number of alkyl halides is 4. The van der Waals surface area contributed by atoms with Gasteiger partial charge in [0.25, 0.3) is 5.91 Å². The molecule has 0 N–H and O–H groups in total. The minimum atomic E-state index is -4.59. The van der Waals surface area contributed by atoms with Crippen LogP contribution in [0.1, 0.15) is 28.8 Å². The molecule has 1 aliphatic carbocycles. The molecule has 0 saturated carbocycles. The maximum atomic E-state index is 16.5. The van der Waals surface area contributed by atoms with E-state index in [-0.39, 0.29) is 34.8 Å². The third-order valence-electron chi connectivity index (χ3n) is 5.56. The Morgan fingerprint density at radius 3 is 2.44 bits per heavy atom. The molecule has 10 heteroatoms. The highest BCUT2D eigenvalue weighted by molar-refractivity contribution is 7.94. The zero-order valence-corrected chi connectivity index (χ0v) is 17.7. The van der Waals surface area contributed by atoms with Crippen molar-refractivity contribution in [1.29, 1.82) is 0 Å². The van der Waals surface area contributed by atoms with Gasteiger partial charge in [0.1, 0.15) is 0 Å². The summed E-state index contributed by atoms with van der Waals surface area (Å²) in [5.41, 5.74) is -2.84. The van der Waals surface area contributed by atoms with E-state index in [1.807, 2.05) is 0 Å².